The molecule has 3 heteroatoms. The molecular formula is C15H22N2S. The number of hydrogen-bond acceptors (Lipinski definition) is 3. The first-order valence-electron chi connectivity index (χ1n) is 6.60. The van der Waals surface area contributed by atoms with Crippen LogP contribution in [-0.2, 0) is 0 Å². The minimum absolute atomic E-state index is 0.652. The van der Waals surface area contributed by atoms with Gasteiger partial charge < -0.3 is 5.32 Å². The lowest BCUT2D eigenvalue weighted by molar-refractivity contribution is 0.575. The Morgan fingerprint density at radius 3 is 2.78 bits per heavy atom. The Morgan fingerprint density at radius 1 is 1.33 bits per heavy atom. The van der Waals surface area contributed by atoms with Gasteiger partial charge in [-0.15, -0.1) is 0 Å². The molecule has 1 atom stereocenters. The monoisotopic (exact) mass is 262 g/mol. The summed E-state index contributed by atoms with van der Waals surface area (Å²) in [5.41, 5.74) is 3.80. The average molecular weight is 262 g/mol. The molecule has 0 fully saturated rings. The second kappa shape index (κ2) is 5.79. The highest BCUT2D eigenvalue weighted by Gasteiger charge is 2.20. The van der Waals surface area contributed by atoms with Gasteiger partial charge in [-0.2, -0.15) is 0 Å². The second-order valence-electron chi connectivity index (χ2n) is 5.44. The van der Waals surface area contributed by atoms with Crippen molar-refractivity contribution in [3.63, 3.8) is 0 Å². The van der Waals surface area contributed by atoms with Crippen LogP contribution in [0.3, 0.4) is 0 Å². The minimum Gasteiger partial charge on any atom is -0.335 e. The summed E-state index contributed by atoms with van der Waals surface area (Å²) in [6.07, 6.45) is 1.24. The van der Waals surface area contributed by atoms with Crippen LogP contribution in [0.1, 0.15) is 31.4 Å². The molecule has 0 saturated carbocycles. The summed E-state index contributed by atoms with van der Waals surface area (Å²) < 4.78 is 0. The molecule has 0 spiro atoms. The number of thioether (sulfide) groups is 1. The highest BCUT2D eigenvalue weighted by Crippen LogP contribution is 2.27. The molecule has 1 aliphatic rings. The third-order valence-corrected chi connectivity index (χ3v) is 4.34. The predicted octanol–water partition coefficient (Wildman–Crippen LogP) is 4.23. The summed E-state index contributed by atoms with van der Waals surface area (Å²) in [5, 5.41) is 5.15. The first-order valence-corrected chi connectivity index (χ1v) is 7.48. The number of nitrogens with one attached hydrogen (secondary N) is 1. The SMILES string of the molecule is Cc1ccc(NC2=NCC(CC(C)C)S2)cc1C. The van der Waals surface area contributed by atoms with Gasteiger partial charge in [-0.25, -0.2) is 0 Å². The maximum absolute atomic E-state index is 4.59. The number of benzene rings is 1. The van der Waals surface area contributed by atoms with E-state index in [0.717, 1.165) is 23.3 Å². The number of aliphatic imine (C=N–C) groups is 1. The fourth-order valence-corrected chi connectivity index (χ4v) is 3.35. The van der Waals surface area contributed by atoms with Gasteiger partial charge in [0.05, 0.1) is 6.54 Å². The number of hydrogen-bond donors (Lipinski definition) is 1. The maximum Gasteiger partial charge on any atom is 0.161 e. The van der Waals surface area contributed by atoms with Crippen molar-refractivity contribution in [3.8, 4) is 0 Å². The van der Waals surface area contributed by atoms with Gasteiger partial charge in [0.2, 0.25) is 0 Å². The molecule has 0 aliphatic carbocycles. The number of rotatable bonds is 3. The van der Waals surface area contributed by atoms with E-state index >= 15 is 0 Å². The van der Waals surface area contributed by atoms with Crippen molar-refractivity contribution in [1.82, 2.24) is 0 Å². The Balaban J connectivity index is 1.93. The molecule has 1 N–H and O–H groups in total. The molecule has 1 unspecified atom stereocenters. The van der Waals surface area contributed by atoms with Gasteiger partial charge in [0, 0.05) is 10.9 Å². The third-order valence-electron chi connectivity index (χ3n) is 3.21. The lowest BCUT2D eigenvalue weighted by atomic mass is 10.1. The number of nitrogens with zero attached hydrogens (tertiary/aromatic N) is 1. The summed E-state index contributed by atoms with van der Waals surface area (Å²) in [6, 6.07) is 6.47. The van der Waals surface area contributed by atoms with Crippen molar-refractivity contribution < 1.29 is 0 Å². The average Bonchev–Trinajstić information content (AvgIpc) is 2.70. The van der Waals surface area contributed by atoms with Gasteiger partial charge in [-0.1, -0.05) is 31.7 Å². The molecule has 0 amide bonds. The zero-order valence-corrected chi connectivity index (χ0v) is 12.5. The van der Waals surface area contributed by atoms with Crippen LogP contribution < -0.4 is 5.32 Å². The normalized spacial score (nSPS) is 19.2. The molecule has 1 aliphatic heterocycles. The largest absolute Gasteiger partial charge is 0.335 e. The van der Waals surface area contributed by atoms with Crippen molar-refractivity contribution in [2.24, 2.45) is 10.9 Å². The van der Waals surface area contributed by atoms with Crippen LogP contribution in [0.15, 0.2) is 23.2 Å². The molecule has 0 aromatic heterocycles. The molecule has 0 saturated heterocycles. The summed E-state index contributed by atoms with van der Waals surface area (Å²) in [6.45, 7) is 9.78. The molecule has 98 valence electrons. The van der Waals surface area contributed by atoms with Gasteiger partial charge in [-0.05, 0) is 49.4 Å². The molecule has 0 radical (unpaired) electrons. The molecule has 2 nitrogen and oxygen atoms in total. The van der Waals surface area contributed by atoms with E-state index in [2.05, 4.69) is 56.2 Å². The zero-order valence-electron chi connectivity index (χ0n) is 11.7. The quantitative estimate of drug-likeness (QED) is 0.881. The van der Waals surface area contributed by atoms with E-state index in [4.69, 9.17) is 0 Å². The van der Waals surface area contributed by atoms with Gasteiger partial charge >= 0.3 is 0 Å². The molecule has 1 aromatic carbocycles. The van der Waals surface area contributed by atoms with E-state index in [1.807, 2.05) is 11.8 Å². The minimum atomic E-state index is 0.652. The van der Waals surface area contributed by atoms with Crippen molar-refractivity contribution in [1.29, 1.82) is 0 Å². The van der Waals surface area contributed by atoms with Crippen LogP contribution in [0.25, 0.3) is 0 Å². The topological polar surface area (TPSA) is 24.4 Å². The van der Waals surface area contributed by atoms with E-state index in [9.17, 15) is 0 Å². The summed E-state index contributed by atoms with van der Waals surface area (Å²) in [5.74, 6) is 0.749. The number of aryl methyl sites for hydroxylation is 2. The smallest absolute Gasteiger partial charge is 0.161 e. The highest BCUT2D eigenvalue weighted by atomic mass is 32.2. The van der Waals surface area contributed by atoms with Crippen molar-refractivity contribution in [3.05, 3.63) is 29.3 Å². The highest BCUT2D eigenvalue weighted by molar-refractivity contribution is 8.15. The van der Waals surface area contributed by atoms with Crippen LogP contribution in [-0.4, -0.2) is 17.0 Å². The standard InChI is InChI=1S/C15H22N2S/c1-10(2)7-14-9-16-15(18-14)17-13-6-5-11(3)12(4)8-13/h5-6,8,10,14H,7,9H2,1-4H3,(H,16,17). The van der Waals surface area contributed by atoms with E-state index in [-0.39, 0.29) is 0 Å². The summed E-state index contributed by atoms with van der Waals surface area (Å²) in [4.78, 5) is 4.59. The molecular weight excluding hydrogens is 240 g/mol. The predicted molar refractivity (Wildman–Crippen MR) is 82.7 cm³/mol. The van der Waals surface area contributed by atoms with E-state index in [0.29, 0.717) is 5.25 Å². The van der Waals surface area contributed by atoms with Crippen molar-refractivity contribution >= 4 is 22.6 Å². The van der Waals surface area contributed by atoms with E-state index in [1.165, 1.54) is 17.5 Å². The Labute approximate surface area is 114 Å². The summed E-state index contributed by atoms with van der Waals surface area (Å²) in [7, 11) is 0. The van der Waals surface area contributed by atoms with Crippen LogP contribution in [0.5, 0.6) is 0 Å². The third kappa shape index (κ3) is 3.52. The lowest BCUT2D eigenvalue weighted by Crippen LogP contribution is -2.09. The van der Waals surface area contributed by atoms with Crippen molar-refractivity contribution in [2.75, 3.05) is 11.9 Å². The fraction of sp³-hybridized carbons (Fsp3) is 0.533. The van der Waals surface area contributed by atoms with Crippen LogP contribution in [0.2, 0.25) is 0 Å². The molecule has 1 heterocycles. The molecule has 1 aromatic rings. The van der Waals surface area contributed by atoms with Gasteiger partial charge in [0.15, 0.2) is 5.17 Å². The molecule has 2 rings (SSSR count). The fourth-order valence-electron chi connectivity index (χ4n) is 2.08. The first kappa shape index (κ1) is 13.5. The summed E-state index contributed by atoms with van der Waals surface area (Å²) >= 11 is 1.88. The first-order chi connectivity index (χ1) is 8.54. The van der Waals surface area contributed by atoms with E-state index < -0.39 is 0 Å². The molecule has 0 bridgehead atoms. The van der Waals surface area contributed by atoms with Gasteiger partial charge in [0.1, 0.15) is 0 Å². The Bertz CT molecular complexity index is 452. The molecule has 18 heavy (non-hydrogen) atoms. The number of anilines is 1. The maximum atomic E-state index is 4.59. The van der Waals surface area contributed by atoms with Crippen molar-refractivity contribution in [2.45, 2.75) is 39.4 Å². The second-order valence-corrected chi connectivity index (χ2v) is 6.73. The Hall–Kier alpha value is -0.960. The Morgan fingerprint density at radius 2 is 2.11 bits per heavy atom. The van der Waals surface area contributed by atoms with Gasteiger partial charge in [0.25, 0.3) is 0 Å². The number of amidine groups is 1. The van der Waals surface area contributed by atoms with Gasteiger partial charge in [-0.3, -0.25) is 4.99 Å². The van der Waals surface area contributed by atoms with E-state index in [1.54, 1.807) is 0 Å². The van der Waals surface area contributed by atoms with Crippen LogP contribution in [0.4, 0.5) is 5.69 Å². The van der Waals surface area contributed by atoms with Crippen LogP contribution >= 0.6 is 11.8 Å². The van der Waals surface area contributed by atoms with Crippen LogP contribution in [0, 0.1) is 19.8 Å². The lowest BCUT2D eigenvalue weighted by Gasteiger charge is -2.11. The Kier molecular flexibility index (Phi) is 4.33. The zero-order chi connectivity index (χ0) is 13.1.